The van der Waals surface area contributed by atoms with Crippen LogP contribution < -0.4 is 16.4 Å². The molecule has 0 aliphatic carbocycles. The highest BCUT2D eigenvalue weighted by atomic mass is 79.9. The van der Waals surface area contributed by atoms with Crippen LogP contribution in [0.1, 0.15) is 23.7 Å². The summed E-state index contributed by atoms with van der Waals surface area (Å²) in [6.07, 6.45) is 4.42. The van der Waals surface area contributed by atoms with E-state index in [2.05, 4.69) is 31.5 Å². The lowest BCUT2D eigenvalue weighted by atomic mass is 10.0. The number of hydrogen-bond donors (Lipinski definition) is 4. The van der Waals surface area contributed by atoms with Crippen molar-refractivity contribution in [3.05, 3.63) is 68.9 Å². The van der Waals surface area contributed by atoms with Crippen LogP contribution >= 0.6 is 15.9 Å². The molecule has 0 aliphatic rings. The Morgan fingerprint density at radius 2 is 2.00 bits per heavy atom. The van der Waals surface area contributed by atoms with E-state index in [0.29, 0.717) is 30.9 Å². The number of benzene rings is 1. The zero-order valence-corrected chi connectivity index (χ0v) is 19.6. The third kappa shape index (κ3) is 6.30. The molecular weight excluding hydrogens is 492 g/mol. The molecule has 3 rings (SSSR count). The minimum atomic E-state index is -0.573. The molecule has 0 unspecified atom stereocenters. The van der Waals surface area contributed by atoms with E-state index in [9.17, 15) is 20.0 Å². The van der Waals surface area contributed by atoms with Crippen LogP contribution in [-0.4, -0.2) is 44.7 Å². The highest BCUT2D eigenvalue weighted by molar-refractivity contribution is 9.10. The predicted molar refractivity (Wildman–Crippen MR) is 130 cm³/mol. The molecule has 2 heterocycles. The first-order valence-electron chi connectivity index (χ1n) is 10.3. The van der Waals surface area contributed by atoms with Crippen LogP contribution in [0.3, 0.4) is 0 Å². The summed E-state index contributed by atoms with van der Waals surface area (Å²) in [5.41, 5.74) is 7.62. The number of nitro groups is 1. The van der Waals surface area contributed by atoms with Crippen molar-refractivity contribution < 1.29 is 14.8 Å². The first-order valence-corrected chi connectivity index (χ1v) is 11.1. The quantitative estimate of drug-likeness (QED) is 0.183. The van der Waals surface area contributed by atoms with Gasteiger partial charge in [-0.15, -0.1) is 0 Å². The van der Waals surface area contributed by atoms with Gasteiger partial charge in [-0.3, -0.25) is 14.9 Å². The Kier molecular flexibility index (Phi) is 8.01. The summed E-state index contributed by atoms with van der Waals surface area (Å²) in [5.74, 6) is 0.0680. The lowest BCUT2D eigenvalue weighted by molar-refractivity contribution is -0.384. The normalized spacial score (nSPS) is 11.7. The van der Waals surface area contributed by atoms with Crippen LogP contribution in [0.25, 0.3) is 11.1 Å². The molecule has 1 amide bonds. The minimum absolute atomic E-state index is 0.137. The molecule has 174 valence electrons. The Bertz CT molecular complexity index is 1130. The summed E-state index contributed by atoms with van der Waals surface area (Å²) in [5, 5.41) is 26.0. The van der Waals surface area contributed by atoms with Gasteiger partial charge in [-0.2, -0.15) is 0 Å². The summed E-state index contributed by atoms with van der Waals surface area (Å²) in [6, 6.07) is 10.2. The number of aliphatic hydroxyl groups is 1. The number of carbonyl (C=O) groups is 1. The SMILES string of the molecule is C[C@@H](CO)NC(=O)c1cn(CCCNc2ccc([N+](=O)[O-])c(N)n2)cc1-c1ccc(Br)cc1. The van der Waals surface area contributed by atoms with Crippen LogP contribution in [0.4, 0.5) is 17.3 Å². The highest BCUT2D eigenvalue weighted by Gasteiger charge is 2.18. The van der Waals surface area contributed by atoms with Crippen molar-refractivity contribution in [3.8, 4) is 11.1 Å². The molecule has 10 nitrogen and oxygen atoms in total. The summed E-state index contributed by atoms with van der Waals surface area (Å²) in [7, 11) is 0. The van der Waals surface area contributed by atoms with E-state index in [1.807, 2.05) is 35.0 Å². The van der Waals surface area contributed by atoms with Crippen LogP contribution in [-0.2, 0) is 6.54 Å². The van der Waals surface area contributed by atoms with Crippen molar-refractivity contribution in [2.75, 3.05) is 24.2 Å². The molecule has 33 heavy (non-hydrogen) atoms. The van der Waals surface area contributed by atoms with Gasteiger partial charge in [-0.25, -0.2) is 4.98 Å². The number of nitrogen functional groups attached to an aromatic ring is 1. The summed E-state index contributed by atoms with van der Waals surface area (Å²) < 4.78 is 2.88. The lowest BCUT2D eigenvalue weighted by Gasteiger charge is -2.11. The number of anilines is 2. The molecule has 5 N–H and O–H groups in total. The third-order valence-electron chi connectivity index (χ3n) is 4.93. The van der Waals surface area contributed by atoms with Crippen LogP contribution in [0, 0.1) is 10.1 Å². The van der Waals surface area contributed by atoms with Crippen molar-refractivity contribution in [2.45, 2.75) is 25.9 Å². The standard InChI is InChI=1S/C22H25BrN6O4/c1-14(13-30)26-22(31)18-12-28(11-17(18)15-3-5-16(23)6-4-15)10-2-9-25-20-8-7-19(29(32)33)21(24)27-20/h3-8,11-12,14,30H,2,9-10,13H2,1H3,(H,26,31)(H3,24,25,27)/t14-/m0/s1. The second kappa shape index (κ2) is 10.9. The number of nitrogens with zero attached hydrogens (tertiary/aromatic N) is 3. The van der Waals surface area contributed by atoms with Gasteiger partial charge >= 0.3 is 5.69 Å². The topological polar surface area (TPSA) is 148 Å². The first kappa shape index (κ1) is 24.2. The number of aryl methyl sites for hydroxylation is 1. The fourth-order valence-corrected chi connectivity index (χ4v) is 3.49. The molecule has 0 spiro atoms. The zero-order valence-electron chi connectivity index (χ0n) is 18.0. The number of rotatable bonds is 10. The van der Waals surface area contributed by atoms with Gasteiger partial charge in [-0.1, -0.05) is 28.1 Å². The minimum Gasteiger partial charge on any atom is -0.394 e. The highest BCUT2D eigenvalue weighted by Crippen LogP contribution is 2.27. The summed E-state index contributed by atoms with van der Waals surface area (Å²) >= 11 is 3.42. The van der Waals surface area contributed by atoms with Gasteiger partial charge in [0.05, 0.1) is 17.1 Å². The number of aliphatic hydroxyl groups excluding tert-OH is 1. The summed E-state index contributed by atoms with van der Waals surface area (Å²) in [6.45, 7) is 2.77. The zero-order chi connectivity index (χ0) is 24.0. The van der Waals surface area contributed by atoms with E-state index in [4.69, 9.17) is 5.73 Å². The van der Waals surface area contributed by atoms with Crippen molar-refractivity contribution in [2.24, 2.45) is 0 Å². The fourth-order valence-electron chi connectivity index (χ4n) is 3.22. The summed E-state index contributed by atoms with van der Waals surface area (Å²) in [4.78, 5) is 27.1. The maximum Gasteiger partial charge on any atom is 0.311 e. The van der Waals surface area contributed by atoms with Gasteiger partial charge in [0.25, 0.3) is 5.91 Å². The number of nitrogens with two attached hydrogens (primary N) is 1. The molecule has 3 aromatic rings. The van der Waals surface area contributed by atoms with Crippen molar-refractivity contribution >= 4 is 39.2 Å². The van der Waals surface area contributed by atoms with Crippen molar-refractivity contribution in [1.82, 2.24) is 14.9 Å². The molecular formula is C22H25BrN6O4. The van der Waals surface area contributed by atoms with E-state index in [1.54, 1.807) is 13.1 Å². The number of amides is 1. The van der Waals surface area contributed by atoms with Gasteiger partial charge in [0.2, 0.25) is 5.82 Å². The Labute approximate surface area is 199 Å². The Balaban J connectivity index is 1.69. The van der Waals surface area contributed by atoms with E-state index in [1.165, 1.54) is 12.1 Å². The van der Waals surface area contributed by atoms with Gasteiger partial charge in [-0.05, 0) is 37.1 Å². The first-order chi connectivity index (χ1) is 15.8. The second-order valence-electron chi connectivity index (χ2n) is 7.53. The molecule has 0 saturated heterocycles. The van der Waals surface area contributed by atoms with E-state index < -0.39 is 4.92 Å². The van der Waals surface area contributed by atoms with Crippen LogP contribution in [0.15, 0.2) is 53.3 Å². The molecule has 0 radical (unpaired) electrons. The number of halogens is 1. The average molecular weight is 517 g/mol. The molecule has 0 bridgehead atoms. The molecule has 2 aromatic heterocycles. The number of carbonyl (C=O) groups excluding carboxylic acids is 1. The molecule has 0 fully saturated rings. The van der Waals surface area contributed by atoms with Gasteiger partial charge in [0.15, 0.2) is 0 Å². The van der Waals surface area contributed by atoms with E-state index in [0.717, 1.165) is 15.6 Å². The van der Waals surface area contributed by atoms with Crippen LogP contribution in [0.2, 0.25) is 0 Å². The van der Waals surface area contributed by atoms with E-state index in [-0.39, 0.29) is 30.1 Å². The number of pyridine rings is 1. The number of hydrogen-bond acceptors (Lipinski definition) is 7. The lowest BCUT2D eigenvalue weighted by Crippen LogP contribution is -2.35. The maximum absolute atomic E-state index is 12.8. The third-order valence-corrected chi connectivity index (χ3v) is 5.46. The monoisotopic (exact) mass is 516 g/mol. The smallest absolute Gasteiger partial charge is 0.311 e. The Hall–Kier alpha value is -3.44. The predicted octanol–water partition coefficient (Wildman–Crippen LogP) is 3.42. The van der Waals surface area contributed by atoms with Gasteiger partial charge in [0, 0.05) is 47.6 Å². The molecule has 0 aliphatic heterocycles. The van der Waals surface area contributed by atoms with Crippen molar-refractivity contribution in [1.29, 1.82) is 0 Å². The molecule has 11 heteroatoms. The van der Waals surface area contributed by atoms with Crippen LogP contribution in [0.5, 0.6) is 0 Å². The average Bonchev–Trinajstić information content (AvgIpc) is 3.21. The Morgan fingerprint density at radius 3 is 2.64 bits per heavy atom. The number of nitrogens with one attached hydrogen (secondary N) is 2. The molecule has 1 aromatic carbocycles. The number of aromatic nitrogens is 2. The fraction of sp³-hybridized carbons (Fsp3) is 0.273. The van der Waals surface area contributed by atoms with Gasteiger partial charge in [0.1, 0.15) is 5.82 Å². The van der Waals surface area contributed by atoms with Gasteiger partial charge < -0.3 is 26.0 Å². The second-order valence-corrected chi connectivity index (χ2v) is 8.44. The maximum atomic E-state index is 12.8. The largest absolute Gasteiger partial charge is 0.394 e. The molecule has 0 saturated carbocycles. The Morgan fingerprint density at radius 1 is 1.27 bits per heavy atom. The van der Waals surface area contributed by atoms with E-state index >= 15 is 0 Å². The van der Waals surface area contributed by atoms with Crippen molar-refractivity contribution in [3.63, 3.8) is 0 Å². The molecule has 1 atom stereocenters.